The molecule has 5 rings (SSSR count). The number of benzene rings is 1. The Hall–Kier alpha value is -1.22. The first kappa shape index (κ1) is 17.2. The Bertz CT molecular complexity index is 609. The highest BCUT2D eigenvalue weighted by molar-refractivity contribution is 6.30. The molecule has 4 bridgehead atoms. The SMILES string of the molecule is CC(NC(=O)NCCc1cccc(Cl)c1)C12CC3CC(CC(C3)C1)C2. The lowest BCUT2D eigenvalue weighted by atomic mass is 9.48. The molecule has 1 unspecified atom stereocenters. The van der Waals surface area contributed by atoms with Crippen LogP contribution >= 0.6 is 11.6 Å². The van der Waals surface area contributed by atoms with Gasteiger partial charge in [-0.1, -0.05) is 23.7 Å². The number of nitrogens with one attached hydrogen (secondary N) is 2. The largest absolute Gasteiger partial charge is 0.338 e. The summed E-state index contributed by atoms with van der Waals surface area (Å²) in [6.07, 6.45) is 9.10. The van der Waals surface area contributed by atoms with E-state index in [0.717, 1.165) is 34.8 Å². The predicted molar refractivity (Wildman–Crippen MR) is 102 cm³/mol. The fourth-order valence-corrected chi connectivity index (χ4v) is 6.33. The van der Waals surface area contributed by atoms with Crippen molar-refractivity contribution in [3.8, 4) is 0 Å². The van der Waals surface area contributed by atoms with Crippen LogP contribution in [0.25, 0.3) is 0 Å². The summed E-state index contributed by atoms with van der Waals surface area (Å²) in [5.74, 6) is 2.75. The standard InChI is InChI=1S/C21H29ClN2O/c1-14(21-11-16-7-17(12-21)9-18(8-16)13-21)24-20(25)23-6-5-15-3-2-4-19(22)10-15/h2-4,10,14,16-18H,5-9,11-13H2,1H3,(H2,23,24,25). The lowest BCUT2D eigenvalue weighted by Crippen LogP contribution is -2.57. The third-order valence-corrected chi connectivity index (χ3v) is 7.18. The van der Waals surface area contributed by atoms with Crippen molar-refractivity contribution in [2.45, 2.75) is 57.9 Å². The minimum atomic E-state index is -0.0229. The van der Waals surface area contributed by atoms with Crippen LogP contribution in [0.1, 0.15) is 51.0 Å². The average molecular weight is 361 g/mol. The van der Waals surface area contributed by atoms with Gasteiger partial charge in [0.15, 0.2) is 0 Å². The second-order valence-corrected chi connectivity index (χ2v) is 9.22. The van der Waals surface area contributed by atoms with Gasteiger partial charge in [-0.15, -0.1) is 0 Å². The number of amides is 2. The Labute approximate surface area is 155 Å². The van der Waals surface area contributed by atoms with Crippen LogP contribution in [0.2, 0.25) is 5.02 Å². The quantitative estimate of drug-likeness (QED) is 0.779. The van der Waals surface area contributed by atoms with Crippen LogP contribution in [0, 0.1) is 23.2 Å². The van der Waals surface area contributed by atoms with Crippen LogP contribution in [0.15, 0.2) is 24.3 Å². The molecule has 1 aromatic carbocycles. The topological polar surface area (TPSA) is 41.1 Å². The zero-order valence-corrected chi connectivity index (χ0v) is 15.8. The number of hydrogen-bond acceptors (Lipinski definition) is 1. The van der Waals surface area contributed by atoms with E-state index in [1.165, 1.54) is 38.5 Å². The number of urea groups is 1. The molecule has 0 aliphatic heterocycles. The Balaban J connectivity index is 1.28. The van der Waals surface area contributed by atoms with Gasteiger partial charge in [-0.25, -0.2) is 4.79 Å². The van der Waals surface area contributed by atoms with E-state index >= 15 is 0 Å². The molecule has 0 spiro atoms. The van der Waals surface area contributed by atoms with Crippen molar-refractivity contribution in [2.24, 2.45) is 23.2 Å². The molecule has 1 aromatic rings. The molecule has 1 atom stereocenters. The molecule has 136 valence electrons. The summed E-state index contributed by atoms with van der Waals surface area (Å²) in [6.45, 7) is 2.86. The maximum Gasteiger partial charge on any atom is 0.315 e. The molecule has 0 heterocycles. The summed E-state index contributed by atoms with van der Waals surface area (Å²) in [5, 5.41) is 7.03. The summed E-state index contributed by atoms with van der Waals surface area (Å²) in [5.41, 5.74) is 1.51. The fraction of sp³-hybridized carbons (Fsp3) is 0.667. The molecule has 2 amide bonds. The first-order valence-electron chi connectivity index (χ1n) is 9.81. The van der Waals surface area contributed by atoms with Crippen LogP contribution in [0.3, 0.4) is 0 Å². The Morgan fingerprint density at radius 2 is 1.84 bits per heavy atom. The van der Waals surface area contributed by atoms with E-state index in [1.807, 2.05) is 24.3 Å². The summed E-state index contributed by atoms with van der Waals surface area (Å²) in [6, 6.07) is 8.07. The van der Waals surface area contributed by atoms with Crippen LogP contribution in [-0.2, 0) is 6.42 Å². The molecule has 2 N–H and O–H groups in total. The van der Waals surface area contributed by atoms with E-state index in [2.05, 4.69) is 17.6 Å². The Kier molecular flexibility index (Phi) is 4.70. The molecule has 4 saturated carbocycles. The maximum atomic E-state index is 12.4. The lowest BCUT2D eigenvalue weighted by Gasteiger charge is -2.59. The number of halogens is 1. The van der Waals surface area contributed by atoms with Crippen molar-refractivity contribution in [2.75, 3.05) is 6.54 Å². The normalized spacial score (nSPS) is 33.9. The highest BCUT2D eigenvalue weighted by Gasteiger charge is 2.53. The van der Waals surface area contributed by atoms with Crippen molar-refractivity contribution in [1.29, 1.82) is 0 Å². The van der Waals surface area contributed by atoms with E-state index in [9.17, 15) is 4.79 Å². The van der Waals surface area contributed by atoms with E-state index in [4.69, 9.17) is 11.6 Å². The third-order valence-electron chi connectivity index (χ3n) is 6.94. The molecular weight excluding hydrogens is 332 g/mol. The molecule has 0 saturated heterocycles. The summed E-state index contributed by atoms with van der Waals surface area (Å²) in [4.78, 5) is 12.4. The third kappa shape index (κ3) is 3.67. The van der Waals surface area contributed by atoms with Crippen LogP contribution < -0.4 is 10.6 Å². The smallest absolute Gasteiger partial charge is 0.315 e. The Morgan fingerprint density at radius 3 is 2.44 bits per heavy atom. The average Bonchev–Trinajstić information content (AvgIpc) is 2.53. The molecule has 4 heteroatoms. The fourth-order valence-electron chi connectivity index (χ4n) is 6.12. The highest BCUT2D eigenvalue weighted by Crippen LogP contribution is 2.61. The molecule has 4 aliphatic carbocycles. The number of carbonyl (C=O) groups excluding carboxylic acids is 1. The lowest BCUT2D eigenvalue weighted by molar-refractivity contribution is -0.0682. The van der Waals surface area contributed by atoms with E-state index in [0.29, 0.717) is 12.0 Å². The monoisotopic (exact) mass is 360 g/mol. The first-order chi connectivity index (χ1) is 12.0. The van der Waals surface area contributed by atoms with Gasteiger partial charge in [0.25, 0.3) is 0 Å². The Morgan fingerprint density at radius 1 is 1.20 bits per heavy atom. The minimum Gasteiger partial charge on any atom is -0.338 e. The van der Waals surface area contributed by atoms with Crippen LogP contribution in [0.5, 0.6) is 0 Å². The van der Waals surface area contributed by atoms with E-state index in [1.54, 1.807) is 0 Å². The maximum absolute atomic E-state index is 12.4. The summed E-state index contributed by atoms with van der Waals surface area (Å²) < 4.78 is 0. The number of carbonyl (C=O) groups is 1. The highest BCUT2D eigenvalue weighted by atomic mass is 35.5. The van der Waals surface area contributed by atoms with E-state index < -0.39 is 0 Å². The minimum absolute atomic E-state index is 0.0229. The second kappa shape index (κ2) is 6.83. The van der Waals surface area contributed by atoms with Crippen molar-refractivity contribution >= 4 is 17.6 Å². The summed E-state index contributed by atoms with van der Waals surface area (Å²) in [7, 11) is 0. The molecule has 3 nitrogen and oxygen atoms in total. The van der Waals surface area contributed by atoms with Crippen LogP contribution in [-0.4, -0.2) is 18.6 Å². The van der Waals surface area contributed by atoms with Gasteiger partial charge < -0.3 is 10.6 Å². The number of rotatable bonds is 5. The molecule has 0 radical (unpaired) electrons. The zero-order chi connectivity index (χ0) is 17.4. The molecule has 4 fully saturated rings. The van der Waals surface area contributed by atoms with Crippen LogP contribution in [0.4, 0.5) is 4.79 Å². The summed E-state index contributed by atoms with van der Waals surface area (Å²) >= 11 is 6.01. The van der Waals surface area contributed by atoms with Gasteiger partial charge in [-0.3, -0.25) is 0 Å². The predicted octanol–water partition coefficient (Wildman–Crippen LogP) is 4.79. The first-order valence-corrected chi connectivity index (χ1v) is 10.2. The zero-order valence-electron chi connectivity index (χ0n) is 15.1. The molecular formula is C21H29ClN2O. The van der Waals surface area contributed by atoms with Crippen molar-refractivity contribution < 1.29 is 4.79 Å². The second-order valence-electron chi connectivity index (χ2n) is 8.78. The van der Waals surface area contributed by atoms with Crippen molar-refractivity contribution in [3.05, 3.63) is 34.9 Å². The van der Waals surface area contributed by atoms with Crippen molar-refractivity contribution in [3.63, 3.8) is 0 Å². The van der Waals surface area contributed by atoms with Gasteiger partial charge >= 0.3 is 6.03 Å². The van der Waals surface area contributed by atoms with E-state index in [-0.39, 0.29) is 12.1 Å². The molecule has 0 aromatic heterocycles. The van der Waals surface area contributed by atoms with Gasteiger partial charge in [-0.05, 0) is 92.7 Å². The van der Waals surface area contributed by atoms with Gasteiger partial charge in [0.2, 0.25) is 0 Å². The van der Waals surface area contributed by atoms with Gasteiger partial charge in [-0.2, -0.15) is 0 Å². The molecule has 4 aliphatic rings. The molecule has 25 heavy (non-hydrogen) atoms. The van der Waals surface area contributed by atoms with Gasteiger partial charge in [0.05, 0.1) is 0 Å². The van der Waals surface area contributed by atoms with Gasteiger partial charge in [0, 0.05) is 17.6 Å². The number of hydrogen-bond donors (Lipinski definition) is 2. The van der Waals surface area contributed by atoms with Crippen molar-refractivity contribution in [1.82, 2.24) is 10.6 Å². The van der Waals surface area contributed by atoms with Gasteiger partial charge in [0.1, 0.15) is 0 Å².